The Balaban J connectivity index is 2.82. The summed E-state index contributed by atoms with van der Waals surface area (Å²) in [6, 6.07) is 0. The molecule has 0 aliphatic carbocycles. The number of pyridine rings is 1. The van der Waals surface area contributed by atoms with E-state index in [4.69, 9.17) is 10.5 Å². The highest BCUT2D eigenvalue weighted by molar-refractivity contribution is 6.03. The molecule has 0 atom stereocenters. The third-order valence-electron chi connectivity index (χ3n) is 2.61. The summed E-state index contributed by atoms with van der Waals surface area (Å²) in [6.07, 6.45) is 0.423. The third-order valence-corrected chi connectivity index (χ3v) is 2.61. The molecule has 17 heavy (non-hydrogen) atoms. The molecule has 7 nitrogen and oxygen atoms in total. The monoisotopic (exact) mass is 237 g/mol. The van der Waals surface area contributed by atoms with E-state index in [1.807, 2.05) is 0 Å². The van der Waals surface area contributed by atoms with Crippen LogP contribution in [0.3, 0.4) is 0 Å². The van der Waals surface area contributed by atoms with Crippen molar-refractivity contribution in [2.75, 3.05) is 13.7 Å². The predicted octanol–water partition coefficient (Wildman–Crippen LogP) is -1.23. The molecule has 0 saturated carbocycles. The number of rotatable bonds is 2. The van der Waals surface area contributed by atoms with Crippen molar-refractivity contribution >= 4 is 11.8 Å². The Labute approximate surface area is 96.0 Å². The molecule has 1 aromatic heterocycles. The van der Waals surface area contributed by atoms with Crippen molar-refractivity contribution in [3.63, 3.8) is 0 Å². The first-order valence-electron chi connectivity index (χ1n) is 4.97. The lowest BCUT2D eigenvalue weighted by atomic mass is 9.98. The summed E-state index contributed by atoms with van der Waals surface area (Å²) < 4.78 is 4.89. The predicted molar refractivity (Wildman–Crippen MR) is 58.2 cm³/mol. The molecule has 2 rings (SSSR count). The largest absolute Gasteiger partial charge is 0.491 e. The number of fused-ring (bicyclic) bond motifs is 1. The number of H-pyrrole nitrogens is 1. The van der Waals surface area contributed by atoms with Gasteiger partial charge in [-0.25, -0.2) is 0 Å². The maximum Gasteiger partial charge on any atom is 0.291 e. The number of carbonyl (C=O) groups excluding carboxylic acids is 2. The molecule has 1 aliphatic heterocycles. The molecular weight excluding hydrogens is 226 g/mol. The lowest BCUT2D eigenvalue weighted by Crippen LogP contribution is -2.37. The summed E-state index contributed by atoms with van der Waals surface area (Å²) in [5, 5.41) is 2.58. The van der Waals surface area contributed by atoms with Gasteiger partial charge in [-0.3, -0.25) is 14.4 Å². The number of carbonyl (C=O) groups is 2. The first-order valence-corrected chi connectivity index (χ1v) is 4.97. The zero-order chi connectivity index (χ0) is 12.6. The van der Waals surface area contributed by atoms with Crippen LogP contribution in [0.2, 0.25) is 0 Å². The summed E-state index contributed by atoms with van der Waals surface area (Å²) in [4.78, 5) is 36.9. The van der Waals surface area contributed by atoms with Crippen molar-refractivity contribution < 1.29 is 14.3 Å². The molecule has 0 radical (unpaired) electrons. The molecule has 2 amide bonds. The van der Waals surface area contributed by atoms with Crippen LogP contribution in [-0.4, -0.2) is 30.5 Å². The molecule has 0 bridgehead atoms. The fourth-order valence-electron chi connectivity index (χ4n) is 1.91. The van der Waals surface area contributed by atoms with Gasteiger partial charge in [-0.05, 0) is 12.0 Å². The summed E-state index contributed by atoms with van der Waals surface area (Å²) in [7, 11) is 1.29. The Kier molecular flexibility index (Phi) is 2.58. The number of primary amides is 1. The molecule has 1 aromatic rings. The number of aromatic amines is 1. The minimum absolute atomic E-state index is 0.0272. The highest BCUT2D eigenvalue weighted by Crippen LogP contribution is 2.23. The Morgan fingerprint density at radius 3 is 2.71 bits per heavy atom. The van der Waals surface area contributed by atoms with Gasteiger partial charge in [0.1, 0.15) is 5.69 Å². The summed E-state index contributed by atoms with van der Waals surface area (Å²) in [5.74, 6) is -1.30. The second-order valence-electron chi connectivity index (χ2n) is 3.59. The van der Waals surface area contributed by atoms with Gasteiger partial charge in [-0.1, -0.05) is 0 Å². The first-order chi connectivity index (χ1) is 8.06. The van der Waals surface area contributed by atoms with E-state index in [1.54, 1.807) is 0 Å². The highest BCUT2D eigenvalue weighted by Gasteiger charge is 2.28. The van der Waals surface area contributed by atoms with Gasteiger partial charge < -0.3 is 20.8 Å². The van der Waals surface area contributed by atoms with Crippen LogP contribution in [0.4, 0.5) is 0 Å². The number of amides is 2. The minimum Gasteiger partial charge on any atom is -0.491 e. The lowest BCUT2D eigenvalue weighted by Gasteiger charge is -2.20. The van der Waals surface area contributed by atoms with Gasteiger partial charge in [0.2, 0.25) is 0 Å². The van der Waals surface area contributed by atoms with Crippen molar-refractivity contribution in [2.24, 2.45) is 5.73 Å². The number of aromatic nitrogens is 1. The Morgan fingerprint density at radius 1 is 1.41 bits per heavy atom. The van der Waals surface area contributed by atoms with E-state index in [9.17, 15) is 14.4 Å². The third kappa shape index (κ3) is 1.65. The zero-order valence-electron chi connectivity index (χ0n) is 9.12. The van der Waals surface area contributed by atoms with Crippen molar-refractivity contribution in [2.45, 2.75) is 6.42 Å². The van der Waals surface area contributed by atoms with Crippen molar-refractivity contribution in [3.8, 4) is 5.75 Å². The van der Waals surface area contributed by atoms with E-state index in [1.165, 1.54) is 7.11 Å². The standard InChI is InChI=1S/C10H11N3O4/c1-17-7-5-4(2-3-12-9(5)15)6(8(11)14)13-10(7)16/h2-3H2,1H3,(H2,11,14)(H,12,15)(H,13,16). The van der Waals surface area contributed by atoms with Gasteiger partial charge in [0, 0.05) is 6.54 Å². The fourth-order valence-corrected chi connectivity index (χ4v) is 1.91. The Hall–Kier alpha value is -2.31. The van der Waals surface area contributed by atoms with E-state index in [0.29, 0.717) is 18.5 Å². The summed E-state index contributed by atoms with van der Waals surface area (Å²) in [5.41, 5.74) is 5.02. The van der Waals surface area contributed by atoms with Crippen LogP contribution in [0.25, 0.3) is 0 Å². The second-order valence-corrected chi connectivity index (χ2v) is 3.59. The van der Waals surface area contributed by atoms with Gasteiger partial charge in [0.15, 0.2) is 5.75 Å². The van der Waals surface area contributed by atoms with Crippen LogP contribution >= 0.6 is 0 Å². The van der Waals surface area contributed by atoms with E-state index in [2.05, 4.69) is 10.3 Å². The number of methoxy groups -OCH3 is 1. The lowest BCUT2D eigenvalue weighted by molar-refractivity contribution is 0.0941. The zero-order valence-corrected chi connectivity index (χ0v) is 9.12. The number of hydrogen-bond acceptors (Lipinski definition) is 4. The van der Waals surface area contributed by atoms with Gasteiger partial charge in [0.25, 0.3) is 17.4 Å². The maximum absolute atomic E-state index is 11.7. The molecule has 1 aliphatic rings. The highest BCUT2D eigenvalue weighted by atomic mass is 16.5. The van der Waals surface area contributed by atoms with E-state index in [-0.39, 0.29) is 17.0 Å². The van der Waals surface area contributed by atoms with Gasteiger partial charge in [-0.2, -0.15) is 0 Å². The van der Waals surface area contributed by atoms with E-state index < -0.39 is 17.4 Å². The van der Waals surface area contributed by atoms with E-state index >= 15 is 0 Å². The maximum atomic E-state index is 11.7. The molecule has 0 fully saturated rings. The number of ether oxygens (including phenoxy) is 1. The molecule has 0 unspecified atom stereocenters. The average Bonchev–Trinajstić information content (AvgIpc) is 2.29. The second kappa shape index (κ2) is 3.93. The van der Waals surface area contributed by atoms with Crippen molar-refractivity contribution in [3.05, 3.63) is 27.2 Å². The van der Waals surface area contributed by atoms with Crippen molar-refractivity contribution in [1.82, 2.24) is 10.3 Å². The van der Waals surface area contributed by atoms with Crippen LogP contribution in [0.5, 0.6) is 5.75 Å². The molecule has 4 N–H and O–H groups in total. The summed E-state index contributed by atoms with van der Waals surface area (Å²) >= 11 is 0. The van der Waals surface area contributed by atoms with Crippen LogP contribution in [0, 0.1) is 0 Å². The molecule has 2 heterocycles. The van der Waals surface area contributed by atoms with Gasteiger partial charge in [-0.15, -0.1) is 0 Å². The summed E-state index contributed by atoms with van der Waals surface area (Å²) in [6.45, 7) is 0.390. The first kappa shape index (κ1) is 11.2. The number of nitrogens with two attached hydrogens (primary N) is 1. The van der Waals surface area contributed by atoms with Crippen LogP contribution in [-0.2, 0) is 6.42 Å². The normalized spacial score (nSPS) is 13.8. The van der Waals surface area contributed by atoms with Gasteiger partial charge >= 0.3 is 0 Å². The van der Waals surface area contributed by atoms with Crippen LogP contribution in [0.15, 0.2) is 4.79 Å². The Morgan fingerprint density at radius 2 is 2.12 bits per heavy atom. The smallest absolute Gasteiger partial charge is 0.291 e. The Bertz CT molecular complexity index is 561. The number of nitrogens with one attached hydrogen (secondary N) is 2. The minimum atomic E-state index is -0.768. The fraction of sp³-hybridized carbons (Fsp3) is 0.300. The molecule has 7 heteroatoms. The molecule has 90 valence electrons. The van der Waals surface area contributed by atoms with Gasteiger partial charge in [0.05, 0.1) is 12.7 Å². The average molecular weight is 237 g/mol. The quantitative estimate of drug-likeness (QED) is 0.597. The molecule has 0 aromatic carbocycles. The van der Waals surface area contributed by atoms with Crippen LogP contribution in [0.1, 0.15) is 26.4 Å². The molecule has 0 saturated heterocycles. The molecule has 0 spiro atoms. The SMILES string of the molecule is COc1c2c(c(C(N)=O)[nH]c1=O)CCNC2=O. The number of hydrogen-bond donors (Lipinski definition) is 3. The molecular formula is C10H11N3O4. The topological polar surface area (TPSA) is 114 Å². The van der Waals surface area contributed by atoms with Crippen LogP contribution < -0.4 is 21.3 Å². The van der Waals surface area contributed by atoms with E-state index in [0.717, 1.165) is 0 Å². The van der Waals surface area contributed by atoms with Crippen molar-refractivity contribution in [1.29, 1.82) is 0 Å².